The third-order valence-corrected chi connectivity index (χ3v) is 5.63. The third kappa shape index (κ3) is 5.85. The van der Waals surface area contributed by atoms with Crippen LogP contribution in [0.1, 0.15) is 40.9 Å². The number of carbonyl (C=O) groups excluding carboxylic acids is 1. The van der Waals surface area contributed by atoms with Crippen LogP contribution in [-0.2, 0) is 6.42 Å². The molecule has 1 atom stereocenters. The molecule has 0 aliphatic carbocycles. The number of carbonyl (C=O) groups is 1. The Balaban J connectivity index is 1.59. The van der Waals surface area contributed by atoms with Gasteiger partial charge in [-0.1, -0.05) is 24.0 Å². The van der Waals surface area contributed by atoms with Gasteiger partial charge in [-0.25, -0.2) is 0 Å². The Morgan fingerprint density at radius 1 is 1.14 bits per heavy atom. The number of aromatic amines is 1. The Morgan fingerprint density at radius 2 is 1.97 bits per heavy atom. The number of benzene rings is 2. The number of rotatable bonds is 8. The Bertz CT molecular complexity index is 1410. The van der Waals surface area contributed by atoms with Crippen LogP contribution >= 0.6 is 0 Å². The van der Waals surface area contributed by atoms with E-state index in [-0.39, 0.29) is 18.6 Å². The van der Waals surface area contributed by atoms with Gasteiger partial charge in [0.15, 0.2) is 0 Å². The molecule has 0 aliphatic heterocycles. The van der Waals surface area contributed by atoms with E-state index in [9.17, 15) is 9.90 Å². The van der Waals surface area contributed by atoms with E-state index in [0.717, 1.165) is 22.0 Å². The molecular formula is C29H29N3O4. The number of amides is 1. The van der Waals surface area contributed by atoms with Crippen LogP contribution in [0.15, 0.2) is 67.1 Å². The van der Waals surface area contributed by atoms with Crippen molar-refractivity contribution in [3.05, 3.63) is 89.4 Å². The minimum Gasteiger partial charge on any atom is -0.495 e. The number of nitrogens with one attached hydrogen (secondary N) is 2. The monoisotopic (exact) mass is 483 g/mol. The maximum Gasteiger partial charge on any atom is 0.255 e. The fourth-order valence-electron chi connectivity index (χ4n) is 3.91. The fourth-order valence-corrected chi connectivity index (χ4v) is 3.91. The van der Waals surface area contributed by atoms with Crippen molar-refractivity contribution in [2.75, 3.05) is 13.7 Å². The normalized spacial score (nSPS) is 11.6. The second-order valence-corrected chi connectivity index (χ2v) is 8.62. The number of fused-ring (bicyclic) bond motifs is 1. The van der Waals surface area contributed by atoms with Crippen LogP contribution in [0, 0.1) is 11.8 Å². The van der Waals surface area contributed by atoms with Gasteiger partial charge in [-0.05, 0) is 62.2 Å². The molecule has 1 unspecified atom stereocenters. The number of hydrogen-bond donors (Lipinski definition) is 3. The smallest absolute Gasteiger partial charge is 0.255 e. The summed E-state index contributed by atoms with van der Waals surface area (Å²) in [4.78, 5) is 20.7. The van der Waals surface area contributed by atoms with E-state index in [1.807, 2.05) is 56.4 Å². The van der Waals surface area contributed by atoms with Gasteiger partial charge in [-0.2, -0.15) is 0 Å². The quantitative estimate of drug-likeness (QED) is 0.328. The molecule has 184 valence electrons. The molecule has 2 aromatic carbocycles. The molecule has 7 nitrogen and oxygen atoms in total. The number of pyridine rings is 1. The lowest BCUT2D eigenvalue weighted by molar-refractivity contribution is 0.0910. The van der Waals surface area contributed by atoms with Crippen molar-refractivity contribution in [1.82, 2.24) is 15.3 Å². The number of H-pyrrole nitrogens is 1. The Hall–Kier alpha value is -4.28. The highest BCUT2D eigenvalue weighted by Gasteiger charge is 2.20. The second kappa shape index (κ2) is 11.4. The first kappa shape index (κ1) is 24.8. The van der Waals surface area contributed by atoms with Crippen LogP contribution in [-0.4, -0.2) is 46.8 Å². The van der Waals surface area contributed by atoms with Crippen molar-refractivity contribution in [1.29, 1.82) is 0 Å². The molecule has 36 heavy (non-hydrogen) atoms. The van der Waals surface area contributed by atoms with Gasteiger partial charge in [0.25, 0.3) is 5.91 Å². The summed E-state index contributed by atoms with van der Waals surface area (Å²) in [5.41, 5.74) is 3.69. The maximum atomic E-state index is 13.3. The molecule has 1 amide bonds. The number of nitrogens with zero attached hydrogens (tertiary/aromatic N) is 1. The van der Waals surface area contributed by atoms with Gasteiger partial charge in [-0.3, -0.25) is 9.78 Å². The molecule has 2 heterocycles. The summed E-state index contributed by atoms with van der Waals surface area (Å²) in [6.07, 6.45) is 5.70. The molecule has 2 aromatic heterocycles. The fraction of sp³-hybridized carbons (Fsp3) is 0.241. The molecule has 0 spiro atoms. The molecule has 4 aromatic rings. The van der Waals surface area contributed by atoms with Gasteiger partial charge < -0.3 is 24.9 Å². The predicted molar refractivity (Wildman–Crippen MR) is 139 cm³/mol. The zero-order valence-corrected chi connectivity index (χ0v) is 20.5. The van der Waals surface area contributed by atoms with Crippen molar-refractivity contribution in [2.24, 2.45) is 0 Å². The first-order valence-corrected chi connectivity index (χ1v) is 11.8. The number of ether oxygens (including phenoxy) is 2. The van der Waals surface area contributed by atoms with Gasteiger partial charge in [0.2, 0.25) is 0 Å². The largest absolute Gasteiger partial charge is 0.495 e. The van der Waals surface area contributed by atoms with Crippen LogP contribution < -0.4 is 14.8 Å². The predicted octanol–water partition coefficient (Wildman–Crippen LogP) is 4.09. The molecule has 0 bridgehead atoms. The molecule has 0 saturated heterocycles. The molecule has 0 radical (unpaired) electrons. The Morgan fingerprint density at radius 3 is 2.75 bits per heavy atom. The third-order valence-electron chi connectivity index (χ3n) is 5.63. The van der Waals surface area contributed by atoms with Crippen molar-refractivity contribution >= 4 is 16.8 Å². The van der Waals surface area contributed by atoms with E-state index in [4.69, 9.17) is 9.47 Å². The van der Waals surface area contributed by atoms with E-state index >= 15 is 0 Å². The molecule has 4 rings (SSSR count). The first-order chi connectivity index (χ1) is 17.5. The number of aliphatic hydroxyl groups excluding tert-OH is 1. The number of para-hydroxylation sites is 1. The number of aliphatic hydroxyl groups is 1. The van der Waals surface area contributed by atoms with Crippen LogP contribution in [0.4, 0.5) is 0 Å². The number of aromatic nitrogens is 2. The summed E-state index contributed by atoms with van der Waals surface area (Å²) in [6, 6.07) is 14.2. The van der Waals surface area contributed by atoms with E-state index < -0.39 is 6.04 Å². The molecule has 3 N–H and O–H groups in total. The van der Waals surface area contributed by atoms with Gasteiger partial charge in [0, 0.05) is 35.1 Å². The van der Waals surface area contributed by atoms with E-state index in [1.165, 1.54) is 0 Å². The Kier molecular flexibility index (Phi) is 7.89. The topological polar surface area (TPSA) is 96.5 Å². The lowest BCUT2D eigenvalue weighted by Gasteiger charge is -2.19. The maximum absolute atomic E-state index is 13.3. The lowest BCUT2D eigenvalue weighted by atomic mass is 10.0. The van der Waals surface area contributed by atoms with Gasteiger partial charge >= 0.3 is 0 Å². The van der Waals surface area contributed by atoms with Crippen molar-refractivity contribution in [2.45, 2.75) is 32.4 Å². The lowest BCUT2D eigenvalue weighted by Crippen LogP contribution is -2.39. The zero-order valence-electron chi connectivity index (χ0n) is 20.5. The summed E-state index contributed by atoms with van der Waals surface area (Å²) in [6.45, 7) is 3.59. The summed E-state index contributed by atoms with van der Waals surface area (Å²) >= 11 is 0. The van der Waals surface area contributed by atoms with Gasteiger partial charge in [0.1, 0.15) is 11.5 Å². The van der Waals surface area contributed by atoms with Crippen molar-refractivity contribution in [3.8, 4) is 23.3 Å². The van der Waals surface area contributed by atoms with E-state index in [0.29, 0.717) is 29.0 Å². The molecular weight excluding hydrogens is 454 g/mol. The van der Waals surface area contributed by atoms with Crippen molar-refractivity contribution in [3.63, 3.8) is 0 Å². The summed E-state index contributed by atoms with van der Waals surface area (Å²) < 4.78 is 11.3. The minimum absolute atomic E-state index is 0.116. The second-order valence-electron chi connectivity index (χ2n) is 8.62. The van der Waals surface area contributed by atoms with Crippen LogP contribution in [0.25, 0.3) is 10.9 Å². The average molecular weight is 484 g/mol. The molecule has 0 fully saturated rings. The highest BCUT2D eigenvalue weighted by molar-refractivity contribution is 5.97. The summed E-state index contributed by atoms with van der Waals surface area (Å²) in [7, 11) is 1.60. The minimum atomic E-state index is -0.494. The average Bonchev–Trinajstić information content (AvgIpc) is 3.30. The van der Waals surface area contributed by atoms with Crippen LogP contribution in [0.3, 0.4) is 0 Å². The zero-order chi connectivity index (χ0) is 25.5. The standard InChI is InChI=1S/C29H29N3O4/c1-19(2)36-28-11-9-20(8-10-21-6-4-5-7-27(21)35-3)14-24(28)29(34)32-23(18-33)15-22-16-31-26-12-13-30-17-25(22)26/h4-7,9,11-14,16-17,19,23,31,33H,15,18H2,1-3H3,(H,32,34). The van der Waals surface area contributed by atoms with Crippen LogP contribution in [0.5, 0.6) is 11.5 Å². The number of methoxy groups -OCH3 is 1. The number of hydrogen-bond acceptors (Lipinski definition) is 5. The first-order valence-electron chi connectivity index (χ1n) is 11.8. The summed E-state index contributed by atoms with van der Waals surface area (Å²) in [5.74, 6) is 7.01. The van der Waals surface area contributed by atoms with E-state index in [1.54, 1.807) is 31.6 Å². The van der Waals surface area contributed by atoms with Crippen molar-refractivity contribution < 1.29 is 19.4 Å². The van der Waals surface area contributed by atoms with Gasteiger partial charge in [-0.15, -0.1) is 0 Å². The highest BCUT2D eigenvalue weighted by Crippen LogP contribution is 2.23. The highest BCUT2D eigenvalue weighted by atomic mass is 16.5. The molecule has 7 heteroatoms. The molecule has 0 aliphatic rings. The van der Waals surface area contributed by atoms with Crippen LogP contribution in [0.2, 0.25) is 0 Å². The van der Waals surface area contributed by atoms with E-state index in [2.05, 4.69) is 27.1 Å². The Labute approximate surface area is 210 Å². The van der Waals surface area contributed by atoms with Gasteiger partial charge in [0.05, 0.1) is 37.0 Å². The summed E-state index contributed by atoms with van der Waals surface area (Å²) in [5, 5.41) is 13.9. The molecule has 0 saturated carbocycles. The SMILES string of the molecule is COc1ccccc1C#Cc1ccc(OC(C)C)c(C(=O)NC(CO)Cc2c[nH]c3ccncc23)c1.